The standard InChI is InChI=1S/C9H10F2O2/c10-7-2-3-9(8(11)6-7)13-5-1-4-12/h2-3,6,12H,1,4-5H2. The highest BCUT2D eigenvalue weighted by molar-refractivity contribution is 5.24. The lowest BCUT2D eigenvalue weighted by molar-refractivity contribution is 0.228. The van der Waals surface area contributed by atoms with E-state index in [2.05, 4.69) is 0 Å². The number of benzene rings is 1. The summed E-state index contributed by atoms with van der Waals surface area (Å²) in [5.41, 5.74) is 0. The molecule has 1 rings (SSSR count). The van der Waals surface area contributed by atoms with Crippen LogP contribution in [-0.2, 0) is 0 Å². The molecule has 0 aliphatic rings. The van der Waals surface area contributed by atoms with E-state index in [9.17, 15) is 8.78 Å². The topological polar surface area (TPSA) is 29.5 Å². The van der Waals surface area contributed by atoms with Crippen molar-refractivity contribution in [1.29, 1.82) is 0 Å². The van der Waals surface area contributed by atoms with Crippen molar-refractivity contribution in [3.05, 3.63) is 29.8 Å². The average Bonchev–Trinajstić information content (AvgIpc) is 2.09. The molecule has 0 unspecified atom stereocenters. The molecule has 0 aromatic heterocycles. The molecule has 0 saturated carbocycles. The van der Waals surface area contributed by atoms with Gasteiger partial charge in [0.05, 0.1) is 6.61 Å². The minimum absolute atomic E-state index is 0.00912. The molecule has 0 saturated heterocycles. The van der Waals surface area contributed by atoms with E-state index in [0.29, 0.717) is 6.42 Å². The van der Waals surface area contributed by atoms with Crippen LogP contribution in [0.2, 0.25) is 0 Å². The predicted octanol–water partition coefficient (Wildman–Crippen LogP) is 1.73. The fraction of sp³-hybridized carbons (Fsp3) is 0.333. The average molecular weight is 188 g/mol. The molecule has 0 amide bonds. The molecule has 0 atom stereocenters. The lowest BCUT2D eigenvalue weighted by Gasteiger charge is -2.05. The molecule has 13 heavy (non-hydrogen) atoms. The quantitative estimate of drug-likeness (QED) is 0.729. The monoisotopic (exact) mass is 188 g/mol. The Hall–Kier alpha value is -1.16. The summed E-state index contributed by atoms with van der Waals surface area (Å²) in [5, 5.41) is 8.42. The van der Waals surface area contributed by atoms with Gasteiger partial charge < -0.3 is 9.84 Å². The maximum atomic E-state index is 12.9. The fourth-order valence-corrected chi connectivity index (χ4v) is 0.839. The number of aliphatic hydroxyl groups is 1. The van der Waals surface area contributed by atoms with Crippen molar-refractivity contribution in [2.24, 2.45) is 0 Å². The number of halogens is 2. The van der Waals surface area contributed by atoms with Gasteiger partial charge in [0, 0.05) is 19.1 Å². The zero-order valence-corrected chi connectivity index (χ0v) is 6.96. The van der Waals surface area contributed by atoms with Crippen molar-refractivity contribution < 1.29 is 18.6 Å². The van der Waals surface area contributed by atoms with Crippen LogP contribution in [0.15, 0.2) is 18.2 Å². The highest BCUT2D eigenvalue weighted by atomic mass is 19.1. The molecule has 1 aromatic carbocycles. The Kier molecular flexibility index (Phi) is 3.64. The molecule has 72 valence electrons. The fourth-order valence-electron chi connectivity index (χ4n) is 0.839. The van der Waals surface area contributed by atoms with E-state index in [4.69, 9.17) is 9.84 Å². The molecule has 0 fully saturated rings. The third-order valence-corrected chi connectivity index (χ3v) is 1.45. The molecule has 4 heteroatoms. The van der Waals surface area contributed by atoms with Crippen molar-refractivity contribution in [3.8, 4) is 5.75 Å². The normalized spacial score (nSPS) is 10.1. The summed E-state index contributed by atoms with van der Waals surface area (Å²) >= 11 is 0. The van der Waals surface area contributed by atoms with E-state index in [0.717, 1.165) is 12.1 Å². The van der Waals surface area contributed by atoms with E-state index >= 15 is 0 Å². The molecule has 0 aliphatic heterocycles. The van der Waals surface area contributed by atoms with E-state index in [-0.39, 0.29) is 19.0 Å². The first-order valence-electron chi connectivity index (χ1n) is 3.93. The van der Waals surface area contributed by atoms with Gasteiger partial charge in [-0.1, -0.05) is 0 Å². The Labute approximate surface area is 74.8 Å². The van der Waals surface area contributed by atoms with Crippen molar-refractivity contribution in [3.63, 3.8) is 0 Å². The Morgan fingerprint density at radius 2 is 2.08 bits per heavy atom. The van der Waals surface area contributed by atoms with Gasteiger partial charge in [-0.3, -0.25) is 0 Å². The summed E-state index contributed by atoms with van der Waals surface area (Å²) in [5.74, 6) is -1.35. The number of aliphatic hydroxyl groups excluding tert-OH is 1. The molecule has 0 heterocycles. The maximum Gasteiger partial charge on any atom is 0.167 e. The molecule has 0 bridgehead atoms. The number of hydrogen-bond acceptors (Lipinski definition) is 2. The molecule has 2 nitrogen and oxygen atoms in total. The Morgan fingerprint density at radius 3 is 2.69 bits per heavy atom. The van der Waals surface area contributed by atoms with Crippen LogP contribution in [0.3, 0.4) is 0 Å². The highest BCUT2D eigenvalue weighted by Gasteiger charge is 2.03. The number of hydrogen-bond donors (Lipinski definition) is 1. The molecule has 0 radical (unpaired) electrons. The first-order chi connectivity index (χ1) is 6.24. The van der Waals surface area contributed by atoms with Gasteiger partial charge in [0.1, 0.15) is 5.82 Å². The van der Waals surface area contributed by atoms with Gasteiger partial charge in [-0.05, 0) is 12.1 Å². The number of ether oxygens (including phenoxy) is 1. The smallest absolute Gasteiger partial charge is 0.167 e. The molecule has 1 aromatic rings. The minimum Gasteiger partial charge on any atom is -0.490 e. The predicted molar refractivity (Wildman–Crippen MR) is 43.6 cm³/mol. The lowest BCUT2D eigenvalue weighted by atomic mass is 10.3. The summed E-state index contributed by atoms with van der Waals surface area (Å²) in [7, 11) is 0. The van der Waals surface area contributed by atoms with Gasteiger partial charge in [-0.25, -0.2) is 8.78 Å². The Bertz CT molecular complexity index is 276. The van der Waals surface area contributed by atoms with Crippen LogP contribution < -0.4 is 4.74 Å². The van der Waals surface area contributed by atoms with Gasteiger partial charge in [-0.2, -0.15) is 0 Å². The third-order valence-electron chi connectivity index (χ3n) is 1.45. The van der Waals surface area contributed by atoms with Crippen molar-refractivity contribution in [2.45, 2.75) is 6.42 Å². The summed E-state index contributed by atoms with van der Waals surface area (Å²) in [4.78, 5) is 0. The van der Waals surface area contributed by atoms with Crippen LogP contribution in [0.4, 0.5) is 8.78 Å². The summed E-state index contributed by atoms with van der Waals surface area (Å²) in [6.07, 6.45) is 0.427. The first-order valence-corrected chi connectivity index (χ1v) is 3.93. The van der Waals surface area contributed by atoms with E-state index in [1.165, 1.54) is 6.07 Å². The van der Waals surface area contributed by atoms with Crippen molar-refractivity contribution in [1.82, 2.24) is 0 Å². The van der Waals surface area contributed by atoms with E-state index in [1.54, 1.807) is 0 Å². The van der Waals surface area contributed by atoms with Crippen molar-refractivity contribution >= 4 is 0 Å². The van der Waals surface area contributed by atoms with Crippen LogP contribution in [0.25, 0.3) is 0 Å². The molecular formula is C9H10F2O2. The van der Waals surface area contributed by atoms with Crippen LogP contribution >= 0.6 is 0 Å². The van der Waals surface area contributed by atoms with E-state index in [1.807, 2.05) is 0 Å². The van der Waals surface area contributed by atoms with Gasteiger partial charge in [0.2, 0.25) is 0 Å². The largest absolute Gasteiger partial charge is 0.490 e. The summed E-state index contributed by atoms with van der Waals surface area (Å²) < 4.78 is 30.2. The van der Waals surface area contributed by atoms with E-state index < -0.39 is 11.6 Å². The second-order valence-corrected chi connectivity index (χ2v) is 2.50. The summed E-state index contributed by atoms with van der Waals surface area (Å²) in [6.45, 7) is 0.210. The van der Waals surface area contributed by atoms with Gasteiger partial charge in [0.25, 0.3) is 0 Å². The molecule has 0 aliphatic carbocycles. The zero-order chi connectivity index (χ0) is 9.68. The number of rotatable bonds is 4. The SMILES string of the molecule is OCCCOc1ccc(F)cc1F. The molecular weight excluding hydrogens is 178 g/mol. The lowest BCUT2D eigenvalue weighted by Crippen LogP contribution is -2.01. The molecule has 1 N–H and O–H groups in total. The van der Waals surface area contributed by atoms with Gasteiger partial charge >= 0.3 is 0 Å². The van der Waals surface area contributed by atoms with Gasteiger partial charge in [-0.15, -0.1) is 0 Å². The Morgan fingerprint density at radius 1 is 1.31 bits per heavy atom. The van der Waals surface area contributed by atoms with Crippen LogP contribution in [-0.4, -0.2) is 18.3 Å². The third kappa shape index (κ3) is 2.99. The second-order valence-electron chi connectivity index (χ2n) is 2.50. The van der Waals surface area contributed by atoms with Gasteiger partial charge in [0.15, 0.2) is 11.6 Å². The Balaban J connectivity index is 2.56. The highest BCUT2D eigenvalue weighted by Crippen LogP contribution is 2.17. The van der Waals surface area contributed by atoms with Crippen LogP contribution in [0.1, 0.15) is 6.42 Å². The molecule has 0 spiro atoms. The summed E-state index contributed by atoms with van der Waals surface area (Å²) in [6, 6.07) is 3.10. The minimum atomic E-state index is -0.724. The first kappa shape index (κ1) is 9.92. The second kappa shape index (κ2) is 4.77. The van der Waals surface area contributed by atoms with Crippen molar-refractivity contribution in [2.75, 3.05) is 13.2 Å². The van der Waals surface area contributed by atoms with Crippen LogP contribution in [0.5, 0.6) is 5.75 Å². The zero-order valence-electron chi connectivity index (χ0n) is 6.96. The maximum absolute atomic E-state index is 12.9. The van der Waals surface area contributed by atoms with Crippen LogP contribution in [0, 0.1) is 11.6 Å².